The predicted octanol–water partition coefficient (Wildman–Crippen LogP) is 2.77. The molecule has 1 aliphatic rings. The van der Waals surface area contributed by atoms with E-state index in [9.17, 15) is 14.4 Å². The Labute approximate surface area is 173 Å². The summed E-state index contributed by atoms with van der Waals surface area (Å²) in [7, 11) is 3.33. The van der Waals surface area contributed by atoms with Crippen LogP contribution < -0.4 is 10.1 Å². The number of carbonyl (C=O) groups excluding carboxylic acids is 3. The number of fused-ring (bicyclic) bond motifs is 1. The first-order valence-electron chi connectivity index (χ1n) is 9.03. The van der Waals surface area contributed by atoms with Crippen LogP contribution in [-0.4, -0.2) is 50.0 Å². The van der Waals surface area contributed by atoms with Gasteiger partial charge in [0, 0.05) is 30.4 Å². The number of carbonyl (C=O) groups is 3. The maximum absolute atomic E-state index is 12.3. The Hall–Kier alpha value is -3.06. The molecule has 2 amide bonds. The molecule has 0 saturated carbocycles. The lowest BCUT2D eigenvalue weighted by Crippen LogP contribution is -2.32. The van der Waals surface area contributed by atoms with Crippen molar-refractivity contribution in [3.8, 4) is 5.75 Å². The summed E-state index contributed by atoms with van der Waals surface area (Å²) in [4.78, 5) is 37.7. The third-order valence-corrected chi connectivity index (χ3v) is 4.66. The molecule has 0 spiro atoms. The van der Waals surface area contributed by atoms with Gasteiger partial charge >= 0.3 is 5.97 Å². The van der Waals surface area contributed by atoms with Crippen LogP contribution in [0.1, 0.15) is 15.9 Å². The lowest BCUT2D eigenvalue weighted by molar-refractivity contribution is -0.152. The van der Waals surface area contributed by atoms with Gasteiger partial charge in [0.1, 0.15) is 12.4 Å². The SMILES string of the molecule is CN(C)C(=O)c1ccc(NC(=O)COC(=O)[C@H]2COc3ccc(Cl)cc3C2)cc1. The van der Waals surface area contributed by atoms with E-state index < -0.39 is 24.4 Å². The van der Waals surface area contributed by atoms with E-state index in [0.717, 1.165) is 5.56 Å². The van der Waals surface area contributed by atoms with Gasteiger partial charge in [0.25, 0.3) is 11.8 Å². The maximum Gasteiger partial charge on any atom is 0.313 e. The van der Waals surface area contributed by atoms with Crippen molar-refractivity contribution in [1.82, 2.24) is 4.90 Å². The molecule has 0 unspecified atom stereocenters. The molecule has 8 heteroatoms. The van der Waals surface area contributed by atoms with Crippen LogP contribution in [0.4, 0.5) is 5.69 Å². The number of anilines is 1. The van der Waals surface area contributed by atoms with Gasteiger partial charge in [-0.3, -0.25) is 14.4 Å². The van der Waals surface area contributed by atoms with Crippen molar-refractivity contribution in [3.05, 3.63) is 58.6 Å². The molecule has 1 N–H and O–H groups in total. The summed E-state index contributed by atoms with van der Waals surface area (Å²) >= 11 is 5.98. The minimum atomic E-state index is -0.502. The average Bonchev–Trinajstić information content (AvgIpc) is 2.71. The smallest absolute Gasteiger partial charge is 0.313 e. The van der Waals surface area contributed by atoms with Crippen LogP contribution in [0, 0.1) is 5.92 Å². The highest BCUT2D eigenvalue weighted by atomic mass is 35.5. The molecular formula is C21H21ClN2O5. The minimum Gasteiger partial charge on any atom is -0.492 e. The van der Waals surface area contributed by atoms with Gasteiger partial charge in [-0.15, -0.1) is 0 Å². The number of rotatable bonds is 5. The number of nitrogens with one attached hydrogen (secondary N) is 1. The van der Waals surface area contributed by atoms with Crippen molar-refractivity contribution < 1.29 is 23.9 Å². The van der Waals surface area contributed by atoms with Crippen molar-refractivity contribution >= 4 is 35.1 Å². The first-order chi connectivity index (χ1) is 13.8. The van der Waals surface area contributed by atoms with Gasteiger partial charge in [-0.2, -0.15) is 0 Å². The summed E-state index contributed by atoms with van der Waals surface area (Å²) in [5.41, 5.74) is 1.85. The Morgan fingerprint density at radius 3 is 2.59 bits per heavy atom. The third-order valence-electron chi connectivity index (χ3n) is 4.43. The highest BCUT2D eigenvalue weighted by Crippen LogP contribution is 2.30. The largest absolute Gasteiger partial charge is 0.492 e. The molecule has 1 atom stereocenters. The number of hydrogen-bond acceptors (Lipinski definition) is 5. The Bertz CT molecular complexity index is 927. The van der Waals surface area contributed by atoms with Crippen molar-refractivity contribution in [2.45, 2.75) is 6.42 Å². The molecule has 0 radical (unpaired) electrons. The Kier molecular flexibility index (Phi) is 6.39. The first-order valence-corrected chi connectivity index (χ1v) is 9.40. The summed E-state index contributed by atoms with van der Waals surface area (Å²) in [5, 5.41) is 3.20. The van der Waals surface area contributed by atoms with Crippen LogP contribution in [0.15, 0.2) is 42.5 Å². The molecule has 29 heavy (non-hydrogen) atoms. The van der Waals surface area contributed by atoms with Crippen LogP contribution in [0.25, 0.3) is 0 Å². The zero-order chi connectivity index (χ0) is 21.0. The van der Waals surface area contributed by atoms with Crippen molar-refractivity contribution in [1.29, 1.82) is 0 Å². The lowest BCUT2D eigenvalue weighted by atomic mass is 9.97. The average molecular weight is 417 g/mol. The third kappa shape index (κ3) is 5.26. The minimum absolute atomic E-state index is 0.130. The second-order valence-electron chi connectivity index (χ2n) is 6.90. The number of amides is 2. The number of nitrogens with zero attached hydrogens (tertiary/aromatic N) is 1. The Morgan fingerprint density at radius 2 is 1.90 bits per heavy atom. The molecule has 0 bridgehead atoms. The van der Waals surface area contributed by atoms with E-state index in [1.165, 1.54) is 4.90 Å². The fraction of sp³-hybridized carbons (Fsp3) is 0.286. The van der Waals surface area contributed by atoms with Gasteiger partial charge in [-0.1, -0.05) is 11.6 Å². The van der Waals surface area contributed by atoms with Gasteiger partial charge in [0.2, 0.25) is 0 Å². The second-order valence-corrected chi connectivity index (χ2v) is 7.33. The van der Waals surface area contributed by atoms with E-state index in [1.54, 1.807) is 56.6 Å². The number of halogens is 1. The number of hydrogen-bond donors (Lipinski definition) is 1. The Morgan fingerprint density at radius 1 is 1.17 bits per heavy atom. The summed E-state index contributed by atoms with van der Waals surface area (Å²) in [6.45, 7) is -0.216. The van der Waals surface area contributed by atoms with Crippen LogP contribution in [0.3, 0.4) is 0 Å². The molecule has 1 aliphatic heterocycles. The number of esters is 1. The molecule has 2 aromatic carbocycles. The van der Waals surface area contributed by atoms with Crippen LogP contribution in [-0.2, 0) is 20.7 Å². The standard InChI is InChI=1S/C21H21ClN2O5/c1-24(2)20(26)13-3-6-17(7-4-13)23-19(25)12-29-21(27)15-9-14-10-16(22)5-8-18(14)28-11-15/h3-8,10,15H,9,11-12H2,1-2H3,(H,23,25)/t15-/m1/s1. The van der Waals surface area contributed by atoms with Gasteiger partial charge in [-0.05, 0) is 54.4 Å². The Balaban J connectivity index is 1.49. The first kappa shape index (κ1) is 20.7. The molecule has 2 aromatic rings. The molecule has 1 heterocycles. The highest BCUT2D eigenvalue weighted by Gasteiger charge is 2.28. The van der Waals surface area contributed by atoms with Crippen LogP contribution >= 0.6 is 11.6 Å². The van der Waals surface area contributed by atoms with Crippen LogP contribution in [0.5, 0.6) is 5.75 Å². The second kappa shape index (κ2) is 8.96. The van der Waals surface area contributed by atoms with Gasteiger partial charge in [0.15, 0.2) is 6.61 Å². The topological polar surface area (TPSA) is 84.9 Å². The van der Waals surface area contributed by atoms with Gasteiger partial charge in [0.05, 0.1) is 5.92 Å². The predicted molar refractivity (Wildman–Crippen MR) is 108 cm³/mol. The molecule has 3 rings (SSSR count). The van der Waals surface area contributed by atoms with Gasteiger partial charge < -0.3 is 19.7 Å². The van der Waals surface area contributed by atoms with Crippen molar-refractivity contribution in [3.63, 3.8) is 0 Å². The fourth-order valence-electron chi connectivity index (χ4n) is 2.92. The van der Waals surface area contributed by atoms with Crippen molar-refractivity contribution in [2.24, 2.45) is 5.92 Å². The number of benzene rings is 2. The monoisotopic (exact) mass is 416 g/mol. The quantitative estimate of drug-likeness (QED) is 0.757. The molecule has 152 valence electrons. The zero-order valence-corrected chi connectivity index (χ0v) is 16.9. The van der Waals surface area contributed by atoms with E-state index in [-0.39, 0.29) is 12.5 Å². The van der Waals surface area contributed by atoms with E-state index in [4.69, 9.17) is 21.1 Å². The zero-order valence-electron chi connectivity index (χ0n) is 16.1. The fourth-order valence-corrected chi connectivity index (χ4v) is 3.12. The lowest BCUT2D eigenvalue weighted by Gasteiger charge is -2.24. The number of ether oxygens (including phenoxy) is 2. The van der Waals surface area contributed by atoms with Crippen LogP contribution in [0.2, 0.25) is 5.02 Å². The molecule has 7 nitrogen and oxygen atoms in total. The molecular weight excluding hydrogens is 396 g/mol. The summed E-state index contributed by atoms with van der Waals surface area (Å²) in [6.07, 6.45) is 0.442. The maximum atomic E-state index is 12.3. The van der Waals surface area contributed by atoms with Crippen molar-refractivity contribution in [2.75, 3.05) is 32.6 Å². The highest BCUT2D eigenvalue weighted by molar-refractivity contribution is 6.30. The summed E-state index contributed by atoms with van der Waals surface area (Å²) in [6, 6.07) is 11.7. The van der Waals surface area contributed by atoms with E-state index in [0.29, 0.717) is 28.4 Å². The normalized spacial score (nSPS) is 14.9. The van der Waals surface area contributed by atoms with E-state index >= 15 is 0 Å². The summed E-state index contributed by atoms with van der Waals surface area (Å²) in [5.74, 6) is -0.894. The van der Waals surface area contributed by atoms with Gasteiger partial charge in [-0.25, -0.2) is 0 Å². The molecule has 0 aliphatic carbocycles. The molecule has 0 fully saturated rings. The molecule has 0 aromatic heterocycles. The van der Waals surface area contributed by atoms with E-state index in [1.807, 2.05) is 0 Å². The summed E-state index contributed by atoms with van der Waals surface area (Å²) < 4.78 is 10.7. The van der Waals surface area contributed by atoms with E-state index in [2.05, 4.69) is 5.32 Å². The molecule has 0 saturated heterocycles.